The average molecular weight is 393 g/mol. The van der Waals surface area contributed by atoms with Crippen molar-refractivity contribution in [2.24, 2.45) is 0 Å². The second kappa shape index (κ2) is 7.07. The number of sulfone groups is 1. The van der Waals surface area contributed by atoms with Crippen LogP contribution in [0.2, 0.25) is 0 Å². The quantitative estimate of drug-likeness (QED) is 0.702. The highest BCUT2D eigenvalue weighted by atomic mass is 32.2. The maximum absolute atomic E-state index is 12.5. The molecule has 8 heteroatoms. The maximum Gasteiger partial charge on any atom is 0.265 e. The Balaban J connectivity index is 1.83. The molecule has 0 aliphatic heterocycles. The van der Waals surface area contributed by atoms with Gasteiger partial charge in [0, 0.05) is 17.0 Å². The van der Waals surface area contributed by atoms with Crippen LogP contribution < -0.4 is 5.32 Å². The lowest BCUT2D eigenvalue weighted by Gasteiger charge is -2.09. The van der Waals surface area contributed by atoms with Crippen LogP contribution in [0.25, 0.3) is 10.6 Å². The molecule has 3 aromatic heterocycles. The summed E-state index contributed by atoms with van der Waals surface area (Å²) in [5.41, 5.74) is 1.13. The summed E-state index contributed by atoms with van der Waals surface area (Å²) in [7, 11) is -3.44. The van der Waals surface area contributed by atoms with Crippen LogP contribution in [0.4, 0.5) is 5.69 Å². The highest BCUT2D eigenvalue weighted by Gasteiger charge is 2.25. The van der Waals surface area contributed by atoms with E-state index in [1.54, 1.807) is 36.9 Å². The predicted octanol–water partition coefficient (Wildman–Crippen LogP) is 4.31. The molecule has 3 aromatic rings. The van der Waals surface area contributed by atoms with Gasteiger partial charge in [-0.1, -0.05) is 6.07 Å². The number of hydrogen-bond donors (Lipinski definition) is 1. The van der Waals surface area contributed by atoms with E-state index in [1.165, 1.54) is 22.7 Å². The number of carbonyl (C=O) groups excluding carboxylic acids is 1. The molecule has 0 aliphatic carbocycles. The third kappa shape index (κ3) is 3.65. The summed E-state index contributed by atoms with van der Waals surface area (Å²) >= 11 is 2.56. The van der Waals surface area contributed by atoms with Crippen LogP contribution in [0.3, 0.4) is 0 Å². The summed E-state index contributed by atoms with van der Waals surface area (Å²) < 4.78 is 24.7. The summed E-state index contributed by atoms with van der Waals surface area (Å²) in [5, 5.41) is 5.36. The predicted molar refractivity (Wildman–Crippen MR) is 102 cm³/mol. The molecule has 0 saturated carbocycles. The van der Waals surface area contributed by atoms with E-state index in [4.69, 9.17) is 0 Å². The highest BCUT2D eigenvalue weighted by Crippen LogP contribution is 2.31. The first-order valence-corrected chi connectivity index (χ1v) is 10.8. The summed E-state index contributed by atoms with van der Waals surface area (Å²) in [4.78, 5) is 18.3. The lowest BCUT2D eigenvalue weighted by Crippen LogP contribution is -2.17. The zero-order chi connectivity index (χ0) is 18.0. The van der Waals surface area contributed by atoms with E-state index in [9.17, 15) is 13.2 Å². The van der Waals surface area contributed by atoms with Crippen molar-refractivity contribution in [2.75, 3.05) is 5.32 Å². The maximum atomic E-state index is 12.5. The molecule has 5 nitrogen and oxygen atoms in total. The molecular formula is C17H16N2O3S3. The van der Waals surface area contributed by atoms with Crippen LogP contribution in [0.1, 0.15) is 23.5 Å². The lowest BCUT2D eigenvalue weighted by atomic mass is 10.3. The van der Waals surface area contributed by atoms with Gasteiger partial charge in [0.2, 0.25) is 0 Å². The molecule has 0 radical (unpaired) electrons. The van der Waals surface area contributed by atoms with Crippen LogP contribution in [-0.4, -0.2) is 24.6 Å². The largest absolute Gasteiger partial charge is 0.319 e. The molecule has 1 amide bonds. The van der Waals surface area contributed by atoms with E-state index in [-0.39, 0.29) is 10.8 Å². The fourth-order valence-electron chi connectivity index (χ4n) is 2.14. The topological polar surface area (TPSA) is 76.1 Å². The molecule has 3 rings (SSSR count). The standard InChI is InChI=1S/C17H16N2O3S3/c1-11(2)25(21,22)16-10-23-9-13(16)19-17(20)15-7-6-14(24-15)12-5-3-4-8-18-12/h3-11H,1-2H3,(H,19,20). The molecule has 0 aliphatic rings. The first-order chi connectivity index (χ1) is 11.9. The molecular weight excluding hydrogens is 376 g/mol. The number of nitrogens with one attached hydrogen (secondary N) is 1. The number of aromatic nitrogens is 1. The van der Waals surface area contributed by atoms with Crippen LogP contribution in [0.5, 0.6) is 0 Å². The van der Waals surface area contributed by atoms with Crippen molar-refractivity contribution in [3.63, 3.8) is 0 Å². The van der Waals surface area contributed by atoms with Gasteiger partial charge in [-0.15, -0.1) is 22.7 Å². The number of carbonyl (C=O) groups is 1. The van der Waals surface area contributed by atoms with Crippen LogP contribution in [0.15, 0.2) is 52.2 Å². The molecule has 3 heterocycles. The SMILES string of the molecule is CC(C)S(=O)(=O)c1cscc1NC(=O)c1ccc(-c2ccccn2)s1. The van der Waals surface area contributed by atoms with Gasteiger partial charge in [-0.05, 0) is 38.1 Å². The van der Waals surface area contributed by atoms with Gasteiger partial charge in [0.15, 0.2) is 9.84 Å². The second-order valence-electron chi connectivity index (χ2n) is 5.58. The van der Waals surface area contributed by atoms with E-state index in [0.29, 0.717) is 10.6 Å². The lowest BCUT2D eigenvalue weighted by molar-refractivity contribution is 0.103. The first kappa shape index (κ1) is 17.8. The van der Waals surface area contributed by atoms with Gasteiger partial charge in [0.25, 0.3) is 5.91 Å². The molecule has 130 valence electrons. The number of nitrogens with zero attached hydrogens (tertiary/aromatic N) is 1. The number of pyridine rings is 1. The van der Waals surface area contributed by atoms with Gasteiger partial charge in [-0.2, -0.15) is 0 Å². The van der Waals surface area contributed by atoms with Gasteiger partial charge >= 0.3 is 0 Å². The van der Waals surface area contributed by atoms with Crippen molar-refractivity contribution >= 4 is 44.1 Å². The Morgan fingerprint density at radius 3 is 2.64 bits per heavy atom. The Morgan fingerprint density at radius 2 is 1.96 bits per heavy atom. The molecule has 0 atom stereocenters. The minimum absolute atomic E-state index is 0.169. The summed E-state index contributed by atoms with van der Waals surface area (Å²) in [5.74, 6) is -0.328. The monoisotopic (exact) mass is 392 g/mol. The normalized spacial score (nSPS) is 11.6. The van der Waals surface area contributed by atoms with Crippen molar-refractivity contribution in [2.45, 2.75) is 24.0 Å². The molecule has 1 N–H and O–H groups in total. The third-order valence-electron chi connectivity index (χ3n) is 3.55. The van der Waals surface area contributed by atoms with E-state index in [2.05, 4.69) is 10.3 Å². The molecule has 25 heavy (non-hydrogen) atoms. The molecule has 0 fully saturated rings. The van der Waals surface area contributed by atoms with Gasteiger partial charge in [-0.3, -0.25) is 9.78 Å². The Hall–Kier alpha value is -2.03. The molecule has 0 bridgehead atoms. The van der Waals surface area contributed by atoms with Crippen molar-refractivity contribution in [1.29, 1.82) is 0 Å². The molecule has 0 aromatic carbocycles. The summed E-state index contributed by atoms with van der Waals surface area (Å²) in [6.45, 7) is 3.24. The Kier molecular flexibility index (Phi) is 5.03. The zero-order valence-electron chi connectivity index (χ0n) is 13.6. The van der Waals surface area contributed by atoms with Gasteiger partial charge in [0.1, 0.15) is 4.90 Å². The van der Waals surface area contributed by atoms with Crippen molar-refractivity contribution in [3.8, 4) is 10.6 Å². The molecule has 0 spiro atoms. The molecule has 0 saturated heterocycles. The number of anilines is 1. The van der Waals surface area contributed by atoms with Crippen LogP contribution in [0, 0.1) is 0 Å². The minimum Gasteiger partial charge on any atom is -0.319 e. The minimum atomic E-state index is -3.44. The fraction of sp³-hybridized carbons (Fsp3) is 0.176. The Bertz CT molecular complexity index is 989. The van der Waals surface area contributed by atoms with Gasteiger partial charge in [-0.25, -0.2) is 8.42 Å². The van der Waals surface area contributed by atoms with Gasteiger partial charge < -0.3 is 5.32 Å². The first-order valence-electron chi connectivity index (χ1n) is 7.52. The van der Waals surface area contributed by atoms with E-state index in [0.717, 1.165) is 10.6 Å². The molecule has 0 unspecified atom stereocenters. The van der Waals surface area contributed by atoms with Crippen molar-refractivity contribution < 1.29 is 13.2 Å². The summed E-state index contributed by atoms with van der Waals surface area (Å²) in [6.07, 6.45) is 1.70. The number of amides is 1. The Labute approximate surface area is 154 Å². The van der Waals surface area contributed by atoms with Crippen LogP contribution >= 0.6 is 22.7 Å². The van der Waals surface area contributed by atoms with Crippen molar-refractivity contribution in [1.82, 2.24) is 4.98 Å². The second-order valence-corrected chi connectivity index (χ2v) is 9.88. The Morgan fingerprint density at radius 1 is 1.16 bits per heavy atom. The fourth-order valence-corrected chi connectivity index (χ4v) is 5.36. The zero-order valence-corrected chi connectivity index (χ0v) is 16.0. The van der Waals surface area contributed by atoms with E-state index < -0.39 is 15.1 Å². The van der Waals surface area contributed by atoms with Crippen molar-refractivity contribution in [3.05, 3.63) is 52.2 Å². The third-order valence-corrected chi connectivity index (χ3v) is 7.74. The smallest absolute Gasteiger partial charge is 0.265 e. The van der Waals surface area contributed by atoms with Gasteiger partial charge in [0.05, 0.1) is 26.4 Å². The average Bonchev–Trinajstić information content (AvgIpc) is 3.25. The van der Waals surface area contributed by atoms with E-state index >= 15 is 0 Å². The van der Waals surface area contributed by atoms with E-state index in [1.807, 2.05) is 24.3 Å². The number of hydrogen-bond acceptors (Lipinski definition) is 6. The summed E-state index contributed by atoms with van der Waals surface area (Å²) in [6, 6.07) is 9.14. The van der Waals surface area contributed by atoms with Crippen LogP contribution in [-0.2, 0) is 9.84 Å². The number of rotatable bonds is 5. The highest BCUT2D eigenvalue weighted by molar-refractivity contribution is 7.92. The number of thiophene rings is 2.